The summed E-state index contributed by atoms with van der Waals surface area (Å²) in [7, 11) is 1.51. The monoisotopic (exact) mass is 339 g/mol. The van der Waals surface area contributed by atoms with Gasteiger partial charge < -0.3 is 14.8 Å². The van der Waals surface area contributed by atoms with Crippen LogP contribution in [0.25, 0.3) is 10.9 Å². The van der Waals surface area contributed by atoms with Crippen molar-refractivity contribution in [2.75, 3.05) is 12.4 Å². The number of aromatic amines is 1. The first kappa shape index (κ1) is 16.5. The summed E-state index contributed by atoms with van der Waals surface area (Å²) < 4.78 is 10.4. The van der Waals surface area contributed by atoms with Crippen molar-refractivity contribution in [2.24, 2.45) is 0 Å². The van der Waals surface area contributed by atoms with Crippen LogP contribution in [0.5, 0.6) is 5.75 Å². The summed E-state index contributed by atoms with van der Waals surface area (Å²) in [6, 6.07) is 14.2. The number of carbonyl (C=O) groups is 2. The Labute approximate surface area is 143 Å². The van der Waals surface area contributed by atoms with Crippen LogP contribution < -0.4 is 10.1 Å². The van der Waals surface area contributed by atoms with Crippen molar-refractivity contribution in [3.63, 3.8) is 0 Å². The maximum atomic E-state index is 12.3. The van der Waals surface area contributed by atoms with E-state index >= 15 is 0 Å². The van der Waals surface area contributed by atoms with Crippen LogP contribution in [0.1, 0.15) is 17.4 Å². The number of nitrogens with zero attached hydrogens (tertiary/aromatic N) is 1. The molecule has 0 radical (unpaired) electrons. The number of benzene rings is 2. The average molecular weight is 339 g/mol. The number of ether oxygens (including phenoxy) is 2. The highest BCUT2D eigenvalue weighted by atomic mass is 16.5. The SMILES string of the molecule is COc1ccccc1NC(=O)[C@@H](C)OC(=O)c1n[nH]c2ccccc12. The van der Waals surface area contributed by atoms with Crippen molar-refractivity contribution in [2.45, 2.75) is 13.0 Å². The summed E-state index contributed by atoms with van der Waals surface area (Å²) in [5, 5.41) is 10.0. The number of nitrogens with one attached hydrogen (secondary N) is 2. The Bertz CT molecular complexity index is 919. The fraction of sp³-hybridized carbons (Fsp3) is 0.167. The lowest BCUT2D eigenvalue weighted by atomic mass is 10.2. The van der Waals surface area contributed by atoms with Crippen LogP contribution in [0.4, 0.5) is 5.69 Å². The summed E-state index contributed by atoms with van der Waals surface area (Å²) in [5.41, 5.74) is 1.37. The molecule has 1 atom stereocenters. The average Bonchev–Trinajstić information content (AvgIpc) is 3.06. The number of H-pyrrole nitrogens is 1. The molecule has 2 aromatic carbocycles. The summed E-state index contributed by atoms with van der Waals surface area (Å²) in [6.45, 7) is 1.50. The minimum atomic E-state index is -0.993. The van der Waals surface area contributed by atoms with Crippen LogP contribution in [0, 0.1) is 0 Å². The van der Waals surface area contributed by atoms with Crippen molar-refractivity contribution in [3.05, 3.63) is 54.2 Å². The zero-order chi connectivity index (χ0) is 17.8. The van der Waals surface area contributed by atoms with Gasteiger partial charge in [-0.2, -0.15) is 5.10 Å². The van der Waals surface area contributed by atoms with Gasteiger partial charge in [-0.3, -0.25) is 9.89 Å². The van der Waals surface area contributed by atoms with Crippen LogP contribution >= 0.6 is 0 Å². The molecular weight excluding hydrogens is 322 g/mol. The van der Waals surface area contributed by atoms with Crippen molar-refractivity contribution in [1.29, 1.82) is 0 Å². The van der Waals surface area contributed by atoms with E-state index in [-0.39, 0.29) is 5.69 Å². The van der Waals surface area contributed by atoms with Gasteiger partial charge in [-0.1, -0.05) is 30.3 Å². The van der Waals surface area contributed by atoms with E-state index in [1.54, 1.807) is 42.5 Å². The Morgan fingerprint density at radius 3 is 2.64 bits per heavy atom. The maximum absolute atomic E-state index is 12.3. The molecule has 0 aliphatic rings. The quantitative estimate of drug-likeness (QED) is 0.697. The van der Waals surface area contributed by atoms with Crippen molar-refractivity contribution in [1.82, 2.24) is 10.2 Å². The molecule has 1 aromatic heterocycles. The minimum Gasteiger partial charge on any atom is -0.495 e. The molecule has 0 aliphatic carbocycles. The van der Waals surface area contributed by atoms with E-state index in [2.05, 4.69) is 15.5 Å². The number of esters is 1. The number of anilines is 1. The van der Waals surface area contributed by atoms with E-state index in [1.807, 2.05) is 6.07 Å². The lowest BCUT2D eigenvalue weighted by Gasteiger charge is -2.14. The number of para-hydroxylation sites is 3. The van der Waals surface area contributed by atoms with Crippen LogP contribution in [-0.4, -0.2) is 35.3 Å². The van der Waals surface area contributed by atoms with Gasteiger partial charge in [-0.15, -0.1) is 0 Å². The summed E-state index contributed by atoms with van der Waals surface area (Å²) in [5.74, 6) is -0.606. The molecule has 1 heterocycles. The lowest BCUT2D eigenvalue weighted by Crippen LogP contribution is -2.30. The Balaban J connectivity index is 1.70. The molecule has 3 rings (SSSR count). The number of hydrogen-bond donors (Lipinski definition) is 2. The summed E-state index contributed by atoms with van der Waals surface area (Å²) in [4.78, 5) is 24.6. The first-order valence-electron chi connectivity index (χ1n) is 7.68. The zero-order valence-electron chi connectivity index (χ0n) is 13.8. The van der Waals surface area contributed by atoms with E-state index in [9.17, 15) is 9.59 Å². The lowest BCUT2D eigenvalue weighted by molar-refractivity contribution is -0.123. The molecule has 0 saturated carbocycles. The third kappa shape index (κ3) is 3.45. The number of aromatic nitrogens is 2. The molecule has 25 heavy (non-hydrogen) atoms. The molecule has 0 saturated heterocycles. The third-order valence-corrected chi connectivity index (χ3v) is 3.68. The number of rotatable bonds is 5. The van der Waals surface area contributed by atoms with Crippen LogP contribution in [0.2, 0.25) is 0 Å². The van der Waals surface area contributed by atoms with Gasteiger partial charge in [0.15, 0.2) is 11.8 Å². The zero-order valence-corrected chi connectivity index (χ0v) is 13.8. The Kier molecular flexibility index (Phi) is 4.65. The number of carbonyl (C=O) groups excluding carboxylic acids is 2. The van der Waals surface area contributed by atoms with Gasteiger partial charge in [-0.25, -0.2) is 4.79 Å². The smallest absolute Gasteiger partial charge is 0.360 e. The number of methoxy groups -OCH3 is 1. The van der Waals surface area contributed by atoms with Crippen LogP contribution in [-0.2, 0) is 9.53 Å². The fourth-order valence-electron chi connectivity index (χ4n) is 2.37. The first-order chi connectivity index (χ1) is 12.1. The Hall–Kier alpha value is -3.35. The Morgan fingerprint density at radius 1 is 1.12 bits per heavy atom. The standard InChI is InChI=1S/C18H17N3O4/c1-11(17(22)19-14-9-5-6-10-15(14)24-2)25-18(23)16-12-7-3-4-8-13(12)20-21-16/h3-11H,1-2H3,(H,19,22)(H,20,21)/t11-/m1/s1. The summed E-state index contributed by atoms with van der Waals surface area (Å²) in [6.07, 6.45) is -0.993. The number of amides is 1. The highest BCUT2D eigenvalue weighted by Crippen LogP contribution is 2.23. The third-order valence-electron chi connectivity index (χ3n) is 3.68. The van der Waals surface area contributed by atoms with Crippen molar-refractivity contribution in [3.8, 4) is 5.75 Å². The predicted octanol–water partition coefficient (Wildman–Crippen LogP) is 2.76. The summed E-state index contributed by atoms with van der Waals surface area (Å²) >= 11 is 0. The van der Waals surface area contributed by atoms with E-state index in [4.69, 9.17) is 9.47 Å². The van der Waals surface area contributed by atoms with Gasteiger partial charge in [0.1, 0.15) is 5.75 Å². The Morgan fingerprint density at radius 2 is 1.84 bits per heavy atom. The van der Waals surface area contributed by atoms with Crippen molar-refractivity contribution < 1.29 is 19.1 Å². The number of fused-ring (bicyclic) bond motifs is 1. The van der Waals surface area contributed by atoms with Gasteiger partial charge in [0.25, 0.3) is 5.91 Å². The molecule has 0 aliphatic heterocycles. The molecule has 1 amide bonds. The normalized spacial score (nSPS) is 11.8. The van der Waals surface area contributed by atoms with Crippen LogP contribution in [0.15, 0.2) is 48.5 Å². The van der Waals surface area contributed by atoms with Crippen molar-refractivity contribution >= 4 is 28.5 Å². The van der Waals surface area contributed by atoms with E-state index in [0.29, 0.717) is 16.8 Å². The minimum absolute atomic E-state index is 0.146. The van der Waals surface area contributed by atoms with Gasteiger partial charge >= 0.3 is 5.97 Å². The van der Waals surface area contributed by atoms with E-state index in [0.717, 1.165) is 5.52 Å². The van der Waals surface area contributed by atoms with E-state index in [1.165, 1.54) is 14.0 Å². The van der Waals surface area contributed by atoms with Gasteiger partial charge in [0.05, 0.1) is 18.3 Å². The van der Waals surface area contributed by atoms with Gasteiger partial charge in [-0.05, 0) is 25.1 Å². The highest BCUT2D eigenvalue weighted by molar-refractivity contribution is 6.03. The molecule has 7 heteroatoms. The molecule has 0 bridgehead atoms. The topological polar surface area (TPSA) is 93.3 Å². The molecule has 2 N–H and O–H groups in total. The second kappa shape index (κ2) is 7.04. The molecule has 7 nitrogen and oxygen atoms in total. The second-order valence-electron chi connectivity index (χ2n) is 5.35. The maximum Gasteiger partial charge on any atom is 0.360 e. The van der Waals surface area contributed by atoms with E-state index < -0.39 is 18.0 Å². The highest BCUT2D eigenvalue weighted by Gasteiger charge is 2.23. The molecule has 3 aromatic rings. The molecule has 0 unspecified atom stereocenters. The second-order valence-corrected chi connectivity index (χ2v) is 5.35. The molecule has 128 valence electrons. The van der Waals surface area contributed by atoms with Gasteiger partial charge in [0, 0.05) is 5.39 Å². The largest absolute Gasteiger partial charge is 0.495 e. The van der Waals surface area contributed by atoms with Crippen LogP contribution in [0.3, 0.4) is 0 Å². The predicted molar refractivity (Wildman–Crippen MR) is 92.6 cm³/mol. The molecule has 0 fully saturated rings. The fourth-order valence-corrected chi connectivity index (χ4v) is 2.37. The number of hydrogen-bond acceptors (Lipinski definition) is 5. The van der Waals surface area contributed by atoms with Gasteiger partial charge in [0.2, 0.25) is 0 Å². The first-order valence-corrected chi connectivity index (χ1v) is 7.68. The molecule has 0 spiro atoms. The molecular formula is C18H17N3O4.